The van der Waals surface area contributed by atoms with Gasteiger partial charge in [0, 0.05) is 39.5 Å². The lowest BCUT2D eigenvalue weighted by molar-refractivity contribution is -0.176. The zero-order chi connectivity index (χ0) is 22.5. The molecule has 0 bridgehead atoms. The number of nitrogens with one attached hydrogen (secondary N) is 3. The zero-order valence-electron chi connectivity index (χ0n) is 17.8. The van der Waals surface area contributed by atoms with Crippen molar-refractivity contribution in [1.29, 1.82) is 0 Å². The van der Waals surface area contributed by atoms with Gasteiger partial charge in [-0.1, -0.05) is 36.4 Å². The van der Waals surface area contributed by atoms with Gasteiger partial charge in [0.25, 0.3) is 0 Å². The fraction of sp³-hybridized carbons (Fsp3) is 0.409. The molecular weight excluding hydrogens is 409 g/mol. The maximum absolute atomic E-state index is 12.1. The van der Waals surface area contributed by atoms with E-state index in [0.717, 1.165) is 23.4 Å². The van der Waals surface area contributed by atoms with Gasteiger partial charge in [-0.05, 0) is 28.8 Å². The molecule has 0 amide bonds. The van der Waals surface area contributed by atoms with Crippen LogP contribution in [0.1, 0.15) is 16.7 Å². The summed E-state index contributed by atoms with van der Waals surface area (Å²) in [7, 11) is 3.36. The Morgan fingerprint density at radius 3 is 1.97 bits per heavy atom. The second-order valence-corrected chi connectivity index (χ2v) is 6.82. The van der Waals surface area contributed by atoms with Crippen LogP contribution in [0.2, 0.25) is 0 Å². The van der Waals surface area contributed by atoms with Gasteiger partial charge in [-0.2, -0.15) is 13.2 Å². The Bertz CT molecular complexity index is 794. The summed E-state index contributed by atoms with van der Waals surface area (Å²) in [4.78, 5) is 4.21. The number of guanidine groups is 1. The highest BCUT2D eigenvalue weighted by Crippen LogP contribution is 2.16. The van der Waals surface area contributed by atoms with Gasteiger partial charge in [-0.15, -0.1) is 0 Å². The summed E-state index contributed by atoms with van der Waals surface area (Å²) in [6.45, 7) is 1.24. The maximum Gasteiger partial charge on any atom is 0.411 e. The Balaban J connectivity index is 1.73. The van der Waals surface area contributed by atoms with Gasteiger partial charge >= 0.3 is 6.18 Å². The summed E-state index contributed by atoms with van der Waals surface area (Å²) >= 11 is 0. The Labute approximate surface area is 180 Å². The van der Waals surface area contributed by atoms with Crippen LogP contribution < -0.4 is 16.0 Å². The fourth-order valence-electron chi connectivity index (χ4n) is 2.67. The highest BCUT2D eigenvalue weighted by atomic mass is 19.4. The van der Waals surface area contributed by atoms with E-state index in [4.69, 9.17) is 4.74 Å². The van der Waals surface area contributed by atoms with E-state index in [0.29, 0.717) is 31.2 Å². The molecule has 2 aromatic carbocycles. The number of hydrogen-bond donors (Lipinski definition) is 3. The van der Waals surface area contributed by atoms with Crippen LogP contribution in [0.15, 0.2) is 53.5 Å². The van der Waals surface area contributed by atoms with Crippen LogP contribution in [-0.4, -0.2) is 46.1 Å². The molecule has 0 aromatic heterocycles. The average molecular weight is 438 g/mol. The van der Waals surface area contributed by atoms with Crippen LogP contribution in [0.5, 0.6) is 0 Å². The molecule has 0 radical (unpaired) electrons. The number of nitrogens with zero attached hydrogens (tertiary/aromatic N) is 1. The van der Waals surface area contributed by atoms with Crippen molar-refractivity contribution in [3.05, 3.63) is 65.2 Å². The molecule has 6 nitrogen and oxygen atoms in total. The molecule has 0 heterocycles. The van der Waals surface area contributed by atoms with Crippen LogP contribution in [0.4, 0.5) is 18.9 Å². The second kappa shape index (κ2) is 12.8. The molecule has 0 spiro atoms. The molecule has 0 fully saturated rings. The summed E-state index contributed by atoms with van der Waals surface area (Å²) in [6, 6.07) is 15.3. The number of hydrogen-bond acceptors (Lipinski definition) is 4. The van der Waals surface area contributed by atoms with E-state index in [1.54, 1.807) is 26.3 Å². The molecule has 0 aliphatic heterocycles. The Hall–Kier alpha value is -2.78. The molecule has 0 atom stereocenters. The normalized spacial score (nSPS) is 12.0. The molecule has 2 rings (SSSR count). The van der Waals surface area contributed by atoms with Crippen molar-refractivity contribution < 1.29 is 22.6 Å². The Morgan fingerprint density at radius 1 is 0.903 bits per heavy atom. The topological polar surface area (TPSA) is 66.9 Å². The van der Waals surface area contributed by atoms with E-state index >= 15 is 0 Å². The third kappa shape index (κ3) is 10.2. The summed E-state index contributed by atoms with van der Waals surface area (Å²) < 4.78 is 46.0. The lowest BCUT2D eigenvalue weighted by Crippen LogP contribution is -2.36. The number of benzene rings is 2. The summed E-state index contributed by atoms with van der Waals surface area (Å²) in [5, 5.41) is 9.74. The molecular formula is C22H29F3N4O2. The molecule has 0 unspecified atom stereocenters. The number of ether oxygens (including phenoxy) is 2. The van der Waals surface area contributed by atoms with Gasteiger partial charge < -0.3 is 25.4 Å². The summed E-state index contributed by atoms with van der Waals surface area (Å²) in [5.74, 6) is 0.653. The monoisotopic (exact) mass is 438 g/mol. The third-order valence-electron chi connectivity index (χ3n) is 4.29. The number of aliphatic imine (C=N–C) groups is 1. The van der Waals surface area contributed by atoms with Crippen LogP contribution in [0.3, 0.4) is 0 Å². The van der Waals surface area contributed by atoms with E-state index < -0.39 is 12.8 Å². The minimum atomic E-state index is -4.31. The van der Waals surface area contributed by atoms with Crippen LogP contribution in [0, 0.1) is 0 Å². The lowest BCUT2D eigenvalue weighted by atomic mass is 10.1. The first-order valence-corrected chi connectivity index (χ1v) is 9.88. The molecule has 0 saturated carbocycles. The van der Waals surface area contributed by atoms with Crippen molar-refractivity contribution in [2.45, 2.75) is 25.9 Å². The van der Waals surface area contributed by atoms with Gasteiger partial charge in [0.05, 0.1) is 13.2 Å². The van der Waals surface area contributed by atoms with Crippen molar-refractivity contribution in [3.63, 3.8) is 0 Å². The third-order valence-corrected chi connectivity index (χ3v) is 4.29. The molecule has 170 valence electrons. The number of rotatable bonds is 11. The standard InChI is InChI=1S/C22H29F3N4O2/c1-26-21(29-14-18-7-9-20(10-8-18)27-11-12-30-2)28-13-17-3-5-19(6-4-17)15-31-16-22(23,24)25/h3-10,27H,11-16H2,1-2H3,(H2,26,28,29). The maximum atomic E-state index is 12.1. The first-order valence-electron chi connectivity index (χ1n) is 9.88. The van der Waals surface area contributed by atoms with E-state index in [-0.39, 0.29) is 6.61 Å². The van der Waals surface area contributed by atoms with Crippen molar-refractivity contribution >= 4 is 11.6 Å². The van der Waals surface area contributed by atoms with Crippen molar-refractivity contribution in [1.82, 2.24) is 10.6 Å². The predicted octanol–water partition coefficient (Wildman–Crippen LogP) is 3.69. The van der Waals surface area contributed by atoms with Crippen LogP contribution in [-0.2, 0) is 29.2 Å². The van der Waals surface area contributed by atoms with E-state index in [9.17, 15) is 13.2 Å². The van der Waals surface area contributed by atoms with Gasteiger partial charge in [-0.25, -0.2) is 0 Å². The van der Waals surface area contributed by atoms with Crippen molar-refractivity contribution in [3.8, 4) is 0 Å². The highest BCUT2D eigenvalue weighted by molar-refractivity contribution is 5.79. The van der Waals surface area contributed by atoms with E-state index in [1.165, 1.54) is 0 Å². The summed E-state index contributed by atoms with van der Waals surface area (Å²) in [5.41, 5.74) is 3.82. The molecule has 9 heteroatoms. The molecule has 0 saturated heterocycles. The molecule has 0 aliphatic carbocycles. The second-order valence-electron chi connectivity index (χ2n) is 6.82. The molecule has 0 aliphatic rings. The van der Waals surface area contributed by atoms with Crippen LogP contribution >= 0.6 is 0 Å². The molecule has 3 N–H and O–H groups in total. The van der Waals surface area contributed by atoms with E-state index in [1.807, 2.05) is 36.4 Å². The predicted molar refractivity (Wildman–Crippen MR) is 116 cm³/mol. The fourth-order valence-corrected chi connectivity index (χ4v) is 2.67. The van der Waals surface area contributed by atoms with Crippen molar-refractivity contribution in [2.75, 3.05) is 39.2 Å². The minimum absolute atomic E-state index is 0.0723. The minimum Gasteiger partial charge on any atom is -0.383 e. The quantitative estimate of drug-likeness (QED) is 0.284. The lowest BCUT2D eigenvalue weighted by Gasteiger charge is -2.13. The Morgan fingerprint density at radius 2 is 1.45 bits per heavy atom. The number of halogens is 3. The average Bonchev–Trinajstić information content (AvgIpc) is 2.75. The van der Waals surface area contributed by atoms with Gasteiger partial charge in [0.15, 0.2) is 5.96 Å². The Kier molecular flexibility index (Phi) is 10.1. The number of methoxy groups -OCH3 is 1. The van der Waals surface area contributed by atoms with Gasteiger partial charge in [0.1, 0.15) is 6.61 Å². The zero-order valence-corrected chi connectivity index (χ0v) is 17.8. The first kappa shape index (κ1) is 24.5. The van der Waals surface area contributed by atoms with Gasteiger partial charge in [-0.3, -0.25) is 4.99 Å². The largest absolute Gasteiger partial charge is 0.411 e. The number of anilines is 1. The number of alkyl halides is 3. The SMILES string of the molecule is CN=C(NCc1ccc(COCC(F)(F)F)cc1)NCc1ccc(NCCOC)cc1. The summed E-state index contributed by atoms with van der Waals surface area (Å²) in [6.07, 6.45) is -4.31. The van der Waals surface area contributed by atoms with Gasteiger partial charge in [0.2, 0.25) is 0 Å². The molecule has 2 aromatic rings. The van der Waals surface area contributed by atoms with Crippen molar-refractivity contribution in [2.24, 2.45) is 4.99 Å². The smallest absolute Gasteiger partial charge is 0.383 e. The van der Waals surface area contributed by atoms with Crippen LogP contribution in [0.25, 0.3) is 0 Å². The molecule has 31 heavy (non-hydrogen) atoms. The van der Waals surface area contributed by atoms with E-state index in [2.05, 4.69) is 25.7 Å². The first-order chi connectivity index (χ1) is 14.9. The highest BCUT2D eigenvalue weighted by Gasteiger charge is 2.27.